The number of benzene rings is 2. The molecule has 0 saturated carbocycles. The number of amides is 1. The van der Waals surface area contributed by atoms with Crippen LogP contribution in [-0.2, 0) is 17.4 Å². The van der Waals surface area contributed by atoms with Gasteiger partial charge in [0.1, 0.15) is 11.6 Å². The van der Waals surface area contributed by atoms with Crippen molar-refractivity contribution in [3.63, 3.8) is 0 Å². The summed E-state index contributed by atoms with van der Waals surface area (Å²) in [6.45, 7) is 4.89. The number of nitrogens with zero attached hydrogens (tertiary/aromatic N) is 1. The number of pyridine rings is 1. The Morgan fingerprint density at radius 1 is 1.11 bits per heavy atom. The van der Waals surface area contributed by atoms with Gasteiger partial charge in [0.25, 0.3) is 5.91 Å². The average molecular weight is 529 g/mol. The molecule has 1 amide bonds. The first-order valence-corrected chi connectivity index (χ1v) is 11.9. The van der Waals surface area contributed by atoms with Gasteiger partial charge >= 0.3 is 6.18 Å². The number of amidine groups is 1. The topological polar surface area (TPSA) is 110 Å². The molecule has 0 bridgehead atoms. The van der Waals surface area contributed by atoms with Crippen LogP contribution in [0.4, 0.5) is 13.2 Å². The Labute approximate surface area is 219 Å². The molecule has 0 spiro atoms. The maximum absolute atomic E-state index is 13.2. The van der Waals surface area contributed by atoms with Gasteiger partial charge in [0.2, 0.25) is 5.88 Å². The van der Waals surface area contributed by atoms with Gasteiger partial charge in [-0.25, -0.2) is 4.98 Å². The molecule has 0 aliphatic heterocycles. The quantitative estimate of drug-likeness (QED) is 0.251. The van der Waals surface area contributed by atoms with E-state index in [1.807, 2.05) is 49.4 Å². The number of carbonyl (C=O) groups excluding carboxylic acids is 1. The number of alkyl halides is 3. The van der Waals surface area contributed by atoms with Crippen molar-refractivity contribution >= 4 is 11.7 Å². The van der Waals surface area contributed by atoms with Crippen LogP contribution in [0.5, 0.6) is 11.6 Å². The number of methoxy groups -OCH3 is 1. The Morgan fingerprint density at radius 2 is 1.79 bits per heavy atom. The molecule has 0 aliphatic rings. The van der Waals surface area contributed by atoms with Gasteiger partial charge < -0.3 is 20.5 Å². The summed E-state index contributed by atoms with van der Waals surface area (Å²) in [4.78, 5) is 16.9. The molecular formula is C28H31F3N4O3. The predicted octanol–water partition coefficient (Wildman–Crippen LogP) is 5.08. The van der Waals surface area contributed by atoms with Crippen LogP contribution in [-0.4, -0.2) is 35.5 Å². The van der Waals surface area contributed by atoms with Crippen LogP contribution in [0.2, 0.25) is 0 Å². The Morgan fingerprint density at radius 3 is 2.34 bits per heavy atom. The number of rotatable bonds is 10. The summed E-state index contributed by atoms with van der Waals surface area (Å²) < 4.78 is 49.4. The summed E-state index contributed by atoms with van der Waals surface area (Å²) in [5.41, 5.74) is 5.83. The third-order valence-corrected chi connectivity index (χ3v) is 6.17. The molecule has 3 rings (SSSR count). The van der Waals surface area contributed by atoms with E-state index in [0.717, 1.165) is 29.0 Å². The number of ether oxygens (including phenoxy) is 2. The molecule has 202 valence electrons. The lowest BCUT2D eigenvalue weighted by Crippen LogP contribution is -2.51. The van der Waals surface area contributed by atoms with Gasteiger partial charge in [0.15, 0.2) is 5.60 Å². The van der Waals surface area contributed by atoms with Crippen molar-refractivity contribution in [1.29, 1.82) is 5.41 Å². The fourth-order valence-electron chi connectivity index (χ4n) is 3.93. The smallest absolute Gasteiger partial charge is 0.417 e. The van der Waals surface area contributed by atoms with E-state index in [1.165, 1.54) is 13.8 Å². The molecule has 2 aromatic carbocycles. The molecule has 0 radical (unpaired) electrons. The summed E-state index contributed by atoms with van der Waals surface area (Å²) in [6, 6.07) is 16.4. The summed E-state index contributed by atoms with van der Waals surface area (Å²) >= 11 is 0. The van der Waals surface area contributed by atoms with E-state index in [4.69, 9.17) is 20.6 Å². The van der Waals surface area contributed by atoms with Gasteiger partial charge in [-0.05, 0) is 62.6 Å². The van der Waals surface area contributed by atoms with Crippen LogP contribution in [0.25, 0.3) is 0 Å². The second kappa shape index (κ2) is 11.5. The molecular weight excluding hydrogens is 497 g/mol. The Kier molecular flexibility index (Phi) is 8.65. The number of nitrogens with two attached hydrogens (primary N) is 1. The lowest BCUT2D eigenvalue weighted by molar-refractivity contribution is -0.138. The monoisotopic (exact) mass is 528 g/mol. The number of aromatic nitrogens is 1. The van der Waals surface area contributed by atoms with E-state index >= 15 is 0 Å². The zero-order valence-corrected chi connectivity index (χ0v) is 21.6. The van der Waals surface area contributed by atoms with Crippen LogP contribution >= 0.6 is 0 Å². The van der Waals surface area contributed by atoms with Crippen molar-refractivity contribution in [2.45, 2.75) is 50.9 Å². The molecule has 38 heavy (non-hydrogen) atoms. The summed E-state index contributed by atoms with van der Waals surface area (Å²) in [6.07, 6.45) is -3.29. The largest absolute Gasteiger partial charge is 0.497 e. The Hall–Kier alpha value is -4.08. The molecule has 10 heteroatoms. The molecule has 0 fully saturated rings. The number of nitrogen functional groups attached to an aromatic ring is 1. The van der Waals surface area contributed by atoms with Crippen molar-refractivity contribution in [2.24, 2.45) is 5.73 Å². The second-order valence-electron chi connectivity index (χ2n) is 9.46. The van der Waals surface area contributed by atoms with Crippen molar-refractivity contribution < 1.29 is 27.4 Å². The summed E-state index contributed by atoms with van der Waals surface area (Å²) in [7, 11) is 1.59. The number of nitrogens with one attached hydrogen (secondary N) is 2. The minimum absolute atomic E-state index is 0.0645. The minimum atomic E-state index is -4.52. The SMILES string of the molecule is COc1ccc(CC(c2cccc(C(=N)N)c2)C(C)NC(=O)C(C)(C)Oc2ccc(C(F)(F)F)cn2)cc1. The highest BCUT2D eigenvalue weighted by atomic mass is 19.4. The van der Waals surface area contributed by atoms with E-state index in [9.17, 15) is 18.0 Å². The molecule has 3 aromatic rings. The fourth-order valence-corrected chi connectivity index (χ4v) is 3.93. The van der Waals surface area contributed by atoms with Gasteiger partial charge in [-0.2, -0.15) is 13.2 Å². The summed E-state index contributed by atoms with van der Waals surface area (Å²) in [5, 5.41) is 10.8. The normalized spacial score (nSPS) is 13.3. The van der Waals surface area contributed by atoms with Gasteiger partial charge in [-0.15, -0.1) is 0 Å². The number of hydrogen-bond acceptors (Lipinski definition) is 5. The minimum Gasteiger partial charge on any atom is -0.497 e. The van der Waals surface area contributed by atoms with Crippen molar-refractivity contribution in [1.82, 2.24) is 10.3 Å². The van der Waals surface area contributed by atoms with E-state index in [2.05, 4.69) is 10.3 Å². The predicted molar refractivity (Wildman–Crippen MR) is 138 cm³/mol. The van der Waals surface area contributed by atoms with Crippen LogP contribution in [0.15, 0.2) is 66.9 Å². The van der Waals surface area contributed by atoms with Crippen LogP contribution in [0, 0.1) is 5.41 Å². The molecule has 0 saturated heterocycles. The second-order valence-corrected chi connectivity index (χ2v) is 9.46. The number of hydrogen-bond donors (Lipinski definition) is 3. The summed E-state index contributed by atoms with van der Waals surface area (Å²) in [5.74, 6) is -0.109. The molecule has 1 aromatic heterocycles. The van der Waals surface area contributed by atoms with Gasteiger partial charge in [-0.3, -0.25) is 10.2 Å². The van der Waals surface area contributed by atoms with Crippen LogP contribution in [0.3, 0.4) is 0 Å². The molecule has 4 N–H and O–H groups in total. The first kappa shape index (κ1) is 28.5. The highest BCUT2D eigenvalue weighted by Crippen LogP contribution is 2.30. The highest BCUT2D eigenvalue weighted by Gasteiger charge is 2.34. The third kappa shape index (κ3) is 7.24. The zero-order chi connectivity index (χ0) is 28.1. The van der Waals surface area contributed by atoms with Gasteiger partial charge in [-0.1, -0.05) is 30.3 Å². The lowest BCUT2D eigenvalue weighted by atomic mass is 9.85. The molecule has 7 nitrogen and oxygen atoms in total. The maximum atomic E-state index is 13.2. The molecule has 2 unspecified atom stereocenters. The molecule has 1 heterocycles. The van der Waals surface area contributed by atoms with Crippen molar-refractivity contribution in [2.75, 3.05) is 7.11 Å². The molecule has 2 atom stereocenters. The first-order chi connectivity index (χ1) is 17.8. The van der Waals surface area contributed by atoms with E-state index in [0.29, 0.717) is 18.2 Å². The standard InChI is InChI=1S/C28H31F3N4O3/c1-17(35-26(36)27(2,3)38-24-13-10-21(16-34-24)28(29,30)31)23(14-18-8-11-22(37-4)12-9-18)19-6-5-7-20(15-19)25(32)33/h5-13,15-17,23H,14H2,1-4H3,(H3,32,33)(H,35,36). The van der Waals surface area contributed by atoms with Crippen LogP contribution < -0.4 is 20.5 Å². The number of carbonyl (C=O) groups is 1. The number of halogens is 3. The third-order valence-electron chi connectivity index (χ3n) is 6.17. The van der Waals surface area contributed by atoms with Crippen molar-refractivity contribution in [3.05, 3.63) is 89.1 Å². The average Bonchev–Trinajstić information content (AvgIpc) is 2.87. The molecule has 0 aliphatic carbocycles. The fraction of sp³-hybridized carbons (Fsp3) is 0.321. The van der Waals surface area contributed by atoms with Gasteiger partial charge in [0, 0.05) is 29.8 Å². The first-order valence-electron chi connectivity index (χ1n) is 11.9. The zero-order valence-electron chi connectivity index (χ0n) is 21.6. The Bertz CT molecular complexity index is 1260. The highest BCUT2D eigenvalue weighted by molar-refractivity contribution is 5.95. The maximum Gasteiger partial charge on any atom is 0.417 e. The lowest BCUT2D eigenvalue weighted by Gasteiger charge is -2.31. The van der Waals surface area contributed by atoms with E-state index in [-0.39, 0.29) is 17.6 Å². The Balaban J connectivity index is 1.81. The van der Waals surface area contributed by atoms with Gasteiger partial charge in [0.05, 0.1) is 12.7 Å². The van der Waals surface area contributed by atoms with Crippen LogP contribution in [0.1, 0.15) is 48.9 Å². The van der Waals surface area contributed by atoms with Crippen molar-refractivity contribution in [3.8, 4) is 11.6 Å². The van der Waals surface area contributed by atoms with E-state index < -0.39 is 29.3 Å². The van der Waals surface area contributed by atoms with E-state index in [1.54, 1.807) is 13.2 Å².